The molecule has 2 amide bonds. The highest BCUT2D eigenvalue weighted by molar-refractivity contribution is 6.13. The van der Waals surface area contributed by atoms with Crippen LogP contribution < -0.4 is 19.5 Å². The number of hydrogen-bond donors (Lipinski definition) is 1. The third-order valence-corrected chi connectivity index (χ3v) is 6.07. The molecule has 1 N–H and O–H groups in total. The summed E-state index contributed by atoms with van der Waals surface area (Å²) < 4.78 is 19.6. The Bertz CT molecular complexity index is 1400. The molecule has 0 saturated heterocycles. The van der Waals surface area contributed by atoms with E-state index in [4.69, 9.17) is 14.2 Å². The molecule has 0 radical (unpaired) electrons. The number of amides is 2. The van der Waals surface area contributed by atoms with Crippen LogP contribution in [0.1, 0.15) is 35.5 Å². The van der Waals surface area contributed by atoms with E-state index in [0.717, 1.165) is 10.5 Å². The van der Waals surface area contributed by atoms with Crippen molar-refractivity contribution in [3.63, 3.8) is 0 Å². The normalized spacial score (nSPS) is 16.1. The zero-order valence-corrected chi connectivity index (χ0v) is 21.2. The molecule has 0 fully saturated rings. The predicted molar refractivity (Wildman–Crippen MR) is 136 cm³/mol. The summed E-state index contributed by atoms with van der Waals surface area (Å²) in [4.78, 5) is 38.4. The molecule has 2 aliphatic heterocycles. The Hall–Kier alpha value is -4.67. The van der Waals surface area contributed by atoms with Gasteiger partial charge < -0.3 is 19.5 Å². The summed E-state index contributed by atoms with van der Waals surface area (Å²) >= 11 is 0. The van der Waals surface area contributed by atoms with Crippen LogP contribution in [0.3, 0.4) is 0 Å². The first-order valence-corrected chi connectivity index (χ1v) is 12.1. The van der Waals surface area contributed by atoms with Crippen LogP contribution in [0, 0.1) is 6.92 Å². The minimum atomic E-state index is -0.947. The van der Waals surface area contributed by atoms with Gasteiger partial charge in [0.25, 0.3) is 11.8 Å². The maximum atomic E-state index is 12.5. The van der Waals surface area contributed by atoms with Crippen LogP contribution in [0.2, 0.25) is 0 Å². The number of benzene rings is 2. The highest BCUT2D eigenvalue weighted by Crippen LogP contribution is 2.49. The van der Waals surface area contributed by atoms with Gasteiger partial charge in [0.05, 0.1) is 29.5 Å². The Kier molecular flexibility index (Phi) is 6.58. The standard InChI is InChI=1S/C27H27N5O6/c1-17-13-31(30-29-17)14-19(32-23(34)9-10-24(32)35)16-36-21-11-22-26(38-27(2,3)37-22)25(20(21)15-33)28-12-18-7-5-4-6-8-18/h4-11,13,15,19,28H,12,14,16H2,1-3H3. The number of fused-ring (bicyclic) bond motifs is 1. The Morgan fingerprint density at radius 2 is 1.87 bits per heavy atom. The molecule has 38 heavy (non-hydrogen) atoms. The van der Waals surface area contributed by atoms with E-state index >= 15 is 0 Å². The molecule has 0 saturated carbocycles. The van der Waals surface area contributed by atoms with Crippen LogP contribution in [0.15, 0.2) is 54.7 Å². The lowest BCUT2D eigenvalue weighted by molar-refractivity contribution is -0.140. The van der Waals surface area contributed by atoms with E-state index in [1.165, 1.54) is 16.8 Å². The number of aryl methyl sites for hydroxylation is 1. The molecule has 11 heteroatoms. The molecule has 196 valence electrons. The fourth-order valence-corrected chi connectivity index (χ4v) is 4.40. The summed E-state index contributed by atoms with van der Waals surface area (Å²) in [6.45, 7) is 5.81. The molecule has 11 nitrogen and oxygen atoms in total. The van der Waals surface area contributed by atoms with Gasteiger partial charge >= 0.3 is 0 Å². The van der Waals surface area contributed by atoms with Crippen molar-refractivity contribution in [1.29, 1.82) is 0 Å². The summed E-state index contributed by atoms with van der Waals surface area (Å²) in [6, 6.07) is 10.6. The van der Waals surface area contributed by atoms with E-state index < -0.39 is 23.6 Å². The predicted octanol–water partition coefficient (Wildman–Crippen LogP) is 2.89. The zero-order valence-electron chi connectivity index (χ0n) is 21.2. The number of carbonyl (C=O) groups excluding carboxylic acids is 3. The SMILES string of the molecule is Cc1cn(CC(COc2cc3c(c(NCc4ccccc4)c2C=O)OC(C)(C)O3)N2C(=O)C=CC2=O)nn1. The zero-order chi connectivity index (χ0) is 26.9. The number of nitrogens with one attached hydrogen (secondary N) is 1. The van der Waals surface area contributed by atoms with Gasteiger partial charge in [-0.1, -0.05) is 35.5 Å². The lowest BCUT2D eigenvalue weighted by atomic mass is 10.1. The van der Waals surface area contributed by atoms with Crippen LogP contribution in [0.25, 0.3) is 0 Å². The van der Waals surface area contributed by atoms with Gasteiger partial charge in [0.1, 0.15) is 12.4 Å². The lowest BCUT2D eigenvalue weighted by Gasteiger charge is -2.26. The van der Waals surface area contributed by atoms with Crippen LogP contribution in [-0.4, -0.2) is 56.4 Å². The van der Waals surface area contributed by atoms with Crippen molar-refractivity contribution in [2.45, 2.75) is 45.7 Å². The number of carbonyl (C=O) groups is 3. The minimum absolute atomic E-state index is 0.0972. The monoisotopic (exact) mass is 517 g/mol. The largest absolute Gasteiger partial charge is 0.490 e. The number of ether oxygens (including phenoxy) is 3. The molecule has 1 unspecified atom stereocenters. The second-order valence-corrected chi connectivity index (χ2v) is 9.48. The number of aldehydes is 1. The molecule has 2 aromatic carbocycles. The van der Waals surface area contributed by atoms with Gasteiger partial charge in [-0.3, -0.25) is 24.0 Å². The Labute approximate surface area is 219 Å². The molecule has 0 bridgehead atoms. The van der Waals surface area contributed by atoms with E-state index in [1.54, 1.807) is 33.0 Å². The summed E-state index contributed by atoms with van der Waals surface area (Å²) in [5, 5.41) is 11.3. The third-order valence-electron chi connectivity index (χ3n) is 6.07. The Balaban J connectivity index is 1.45. The molecule has 3 aromatic rings. The molecule has 1 aromatic heterocycles. The van der Waals surface area contributed by atoms with Crippen molar-refractivity contribution in [3.8, 4) is 17.2 Å². The fourth-order valence-electron chi connectivity index (χ4n) is 4.40. The van der Waals surface area contributed by atoms with Crippen molar-refractivity contribution in [3.05, 3.63) is 71.6 Å². The van der Waals surface area contributed by atoms with Crippen LogP contribution >= 0.6 is 0 Å². The number of nitrogens with zero attached hydrogens (tertiary/aromatic N) is 4. The summed E-state index contributed by atoms with van der Waals surface area (Å²) in [5.74, 6) is -0.809. The Morgan fingerprint density at radius 1 is 1.13 bits per heavy atom. The van der Waals surface area contributed by atoms with Crippen LogP contribution in [0.5, 0.6) is 17.2 Å². The maximum absolute atomic E-state index is 12.5. The molecule has 1 atom stereocenters. The second-order valence-electron chi connectivity index (χ2n) is 9.48. The molecule has 0 spiro atoms. The molecular formula is C27H27N5O6. The van der Waals surface area contributed by atoms with Gasteiger partial charge in [0.2, 0.25) is 5.79 Å². The number of anilines is 1. The highest BCUT2D eigenvalue weighted by atomic mass is 16.7. The molecule has 2 aliphatic rings. The lowest BCUT2D eigenvalue weighted by Crippen LogP contribution is -2.46. The maximum Gasteiger partial charge on any atom is 0.254 e. The van der Waals surface area contributed by atoms with E-state index in [9.17, 15) is 14.4 Å². The van der Waals surface area contributed by atoms with Gasteiger partial charge in [-0.25, -0.2) is 0 Å². The number of aromatic nitrogens is 3. The topological polar surface area (TPSA) is 125 Å². The minimum Gasteiger partial charge on any atom is -0.490 e. The van der Waals surface area contributed by atoms with Gasteiger partial charge in [0.15, 0.2) is 17.8 Å². The van der Waals surface area contributed by atoms with Crippen LogP contribution in [-0.2, 0) is 22.7 Å². The Morgan fingerprint density at radius 3 is 2.53 bits per heavy atom. The van der Waals surface area contributed by atoms with Crippen LogP contribution in [0.4, 0.5) is 5.69 Å². The molecule has 3 heterocycles. The van der Waals surface area contributed by atoms with E-state index in [1.807, 2.05) is 30.3 Å². The average molecular weight is 518 g/mol. The number of rotatable bonds is 10. The third kappa shape index (κ3) is 5.08. The van der Waals surface area contributed by atoms with Gasteiger partial charge in [0, 0.05) is 44.8 Å². The van der Waals surface area contributed by atoms with E-state index in [-0.39, 0.29) is 24.5 Å². The first-order valence-electron chi connectivity index (χ1n) is 12.1. The van der Waals surface area contributed by atoms with E-state index in [0.29, 0.717) is 35.7 Å². The quantitative estimate of drug-likeness (QED) is 0.319. The molecular weight excluding hydrogens is 490 g/mol. The average Bonchev–Trinajstić information content (AvgIpc) is 3.55. The van der Waals surface area contributed by atoms with Crippen molar-refractivity contribution in [1.82, 2.24) is 19.9 Å². The highest BCUT2D eigenvalue weighted by Gasteiger charge is 2.37. The van der Waals surface area contributed by atoms with Crippen molar-refractivity contribution in [2.75, 3.05) is 11.9 Å². The number of hydrogen-bond acceptors (Lipinski definition) is 9. The fraction of sp³-hybridized carbons (Fsp3) is 0.296. The van der Waals surface area contributed by atoms with Crippen molar-refractivity contribution < 1.29 is 28.6 Å². The summed E-state index contributed by atoms with van der Waals surface area (Å²) in [5.41, 5.74) is 2.36. The first kappa shape index (κ1) is 25.0. The summed E-state index contributed by atoms with van der Waals surface area (Å²) in [6.07, 6.45) is 4.82. The smallest absolute Gasteiger partial charge is 0.254 e. The molecule has 5 rings (SSSR count). The molecule has 0 aliphatic carbocycles. The van der Waals surface area contributed by atoms with Crippen molar-refractivity contribution >= 4 is 23.8 Å². The van der Waals surface area contributed by atoms with Gasteiger partial charge in [-0.2, -0.15) is 0 Å². The van der Waals surface area contributed by atoms with E-state index in [2.05, 4.69) is 15.6 Å². The first-order chi connectivity index (χ1) is 18.2. The second kappa shape index (κ2) is 10.0. The van der Waals surface area contributed by atoms with Crippen molar-refractivity contribution in [2.24, 2.45) is 0 Å². The van der Waals surface area contributed by atoms with Gasteiger partial charge in [-0.05, 0) is 12.5 Å². The summed E-state index contributed by atoms with van der Waals surface area (Å²) in [7, 11) is 0. The number of imide groups is 1. The van der Waals surface area contributed by atoms with Gasteiger partial charge in [-0.15, -0.1) is 5.10 Å².